The first kappa shape index (κ1) is 17.5. The van der Waals surface area contributed by atoms with Crippen molar-refractivity contribution in [1.82, 2.24) is 0 Å². The number of hydrazone groups is 1. The van der Waals surface area contributed by atoms with Crippen LogP contribution < -0.4 is 14.9 Å². The van der Waals surface area contributed by atoms with Crippen molar-refractivity contribution >= 4 is 11.9 Å². The summed E-state index contributed by atoms with van der Waals surface area (Å²) in [6, 6.07) is 4.66. The van der Waals surface area contributed by atoms with E-state index in [4.69, 9.17) is 9.47 Å². The number of benzene rings is 2. The third-order valence-electron chi connectivity index (χ3n) is 3.03. The Bertz CT molecular complexity index is 767. The Morgan fingerprint density at radius 3 is 2.00 bits per heavy atom. The van der Waals surface area contributed by atoms with Gasteiger partial charge in [-0.25, -0.2) is 22.0 Å². The van der Waals surface area contributed by atoms with Crippen LogP contribution in [0.1, 0.15) is 5.56 Å². The minimum Gasteiger partial charge on any atom is -0.497 e. The van der Waals surface area contributed by atoms with E-state index < -0.39 is 34.8 Å². The molecular weight excluding hydrogens is 335 g/mol. The topological polar surface area (TPSA) is 42.9 Å². The van der Waals surface area contributed by atoms with Gasteiger partial charge in [-0.3, -0.25) is 5.43 Å². The third-order valence-corrected chi connectivity index (χ3v) is 3.03. The SMILES string of the molecule is COc1ccc(OC)c(/C=N/Nc2c(F)c(F)c(F)c(F)c2F)c1. The normalized spacial score (nSPS) is 11.0. The summed E-state index contributed by atoms with van der Waals surface area (Å²) < 4.78 is 76.1. The maximum atomic E-state index is 13.5. The third kappa shape index (κ3) is 3.24. The van der Waals surface area contributed by atoms with Crippen LogP contribution in [0.25, 0.3) is 0 Å². The number of methoxy groups -OCH3 is 2. The minimum atomic E-state index is -2.24. The first-order chi connectivity index (χ1) is 11.4. The summed E-state index contributed by atoms with van der Waals surface area (Å²) in [7, 11) is 2.81. The number of nitrogens with zero attached hydrogens (tertiary/aromatic N) is 1. The number of anilines is 1. The Balaban J connectivity index is 2.34. The van der Waals surface area contributed by atoms with Gasteiger partial charge < -0.3 is 9.47 Å². The molecule has 0 saturated heterocycles. The van der Waals surface area contributed by atoms with Crippen molar-refractivity contribution in [2.24, 2.45) is 5.10 Å². The van der Waals surface area contributed by atoms with Crippen LogP contribution in [0.5, 0.6) is 11.5 Å². The van der Waals surface area contributed by atoms with E-state index in [1.54, 1.807) is 17.6 Å². The van der Waals surface area contributed by atoms with Crippen molar-refractivity contribution in [1.29, 1.82) is 0 Å². The summed E-state index contributed by atoms with van der Waals surface area (Å²) in [6.45, 7) is 0. The van der Waals surface area contributed by atoms with Gasteiger partial charge in [-0.05, 0) is 18.2 Å². The highest BCUT2D eigenvalue weighted by molar-refractivity contribution is 5.84. The number of hydrogen-bond acceptors (Lipinski definition) is 4. The molecule has 0 aliphatic rings. The number of nitrogens with one attached hydrogen (secondary N) is 1. The van der Waals surface area contributed by atoms with E-state index >= 15 is 0 Å². The van der Waals surface area contributed by atoms with Crippen LogP contribution in [0.4, 0.5) is 27.6 Å². The van der Waals surface area contributed by atoms with E-state index in [9.17, 15) is 22.0 Å². The van der Waals surface area contributed by atoms with Crippen molar-refractivity contribution < 1.29 is 31.4 Å². The van der Waals surface area contributed by atoms with Gasteiger partial charge in [0.05, 0.1) is 20.4 Å². The zero-order valence-electron chi connectivity index (χ0n) is 12.5. The molecule has 0 unspecified atom stereocenters. The fourth-order valence-electron chi connectivity index (χ4n) is 1.81. The van der Waals surface area contributed by atoms with Gasteiger partial charge in [0.2, 0.25) is 5.82 Å². The van der Waals surface area contributed by atoms with Crippen LogP contribution in [0.15, 0.2) is 23.3 Å². The summed E-state index contributed by atoms with van der Waals surface area (Å²) in [5.41, 5.74) is 0.899. The molecule has 4 nitrogen and oxygen atoms in total. The van der Waals surface area contributed by atoms with E-state index in [0.717, 1.165) is 6.21 Å². The molecule has 2 rings (SSSR count). The summed E-state index contributed by atoms with van der Waals surface area (Å²) in [6.07, 6.45) is 1.08. The highest BCUT2D eigenvalue weighted by Crippen LogP contribution is 2.27. The van der Waals surface area contributed by atoms with Gasteiger partial charge in [-0.2, -0.15) is 5.10 Å². The Kier molecular flexibility index (Phi) is 5.22. The molecule has 0 amide bonds. The number of rotatable bonds is 5. The van der Waals surface area contributed by atoms with Crippen LogP contribution >= 0.6 is 0 Å². The molecule has 0 bridgehead atoms. The number of ether oxygens (including phenoxy) is 2. The van der Waals surface area contributed by atoms with Gasteiger partial charge in [0.1, 0.15) is 17.2 Å². The monoisotopic (exact) mass is 346 g/mol. The van der Waals surface area contributed by atoms with Crippen molar-refractivity contribution in [3.05, 3.63) is 52.8 Å². The quantitative estimate of drug-likeness (QED) is 0.294. The lowest BCUT2D eigenvalue weighted by atomic mass is 10.2. The van der Waals surface area contributed by atoms with Crippen LogP contribution in [0.3, 0.4) is 0 Å². The highest BCUT2D eigenvalue weighted by Gasteiger charge is 2.25. The summed E-state index contributed by atoms with van der Waals surface area (Å²) in [4.78, 5) is 0. The molecule has 1 N–H and O–H groups in total. The minimum absolute atomic E-state index is 0.355. The van der Waals surface area contributed by atoms with Crippen LogP contribution in [0, 0.1) is 29.1 Å². The van der Waals surface area contributed by atoms with E-state index in [2.05, 4.69) is 5.10 Å². The maximum Gasteiger partial charge on any atom is 0.200 e. The lowest BCUT2D eigenvalue weighted by Gasteiger charge is -2.08. The van der Waals surface area contributed by atoms with E-state index in [1.807, 2.05) is 0 Å². The average molecular weight is 346 g/mol. The molecule has 0 radical (unpaired) electrons. The first-order valence-electron chi connectivity index (χ1n) is 6.43. The Hall–Kier alpha value is -2.84. The fourth-order valence-corrected chi connectivity index (χ4v) is 1.81. The highest BCUT2D eigenvalue weighted by atomic mass is 19.2. The second kappa shape index (κ2) is 7.16. The van der Waals surface area contributed by atoms with Gasteiger partial charge in [0.15, 0.2) is 23.3 Å². The van der Waals surface area contributed by atoms with Crippen LogP contribution in [0.2, 0.25) is 0 Å². The molecule has 9 heteroatoms. The van der Waals surface area contributed by atoms with Gasteiger partial charge in [-0.15, -0.1) is 0 Å². The molecule has 0 heterocycles. The lowest BCUT2D eigenvalue weighted by Crippen LogP contribution is -2.06. The van der Waals surface area contributed by atoms with Gasteiger partial charge in [0.25, 0.3) is 0 Å². The molecular formula is C15H11F5N2O2. The lowest BCUT2D eigenvalue weighted by molar-refractivity contribution is 0.381. The Morgan fingerprint density at radius 2 is 1.46 bits per heavy atom. The molecule has 128 valence electrons. The fraction of sp³-hybridized carbons (Fsp3) is 0.133. The zero-order chi connectivity index (χ0) is 17.9. The molecule has 2 aromatic carbocycles. The molecule has 0 aliphatic heterocycles. The van der Waals surface area contributed by atoms with Crippen LogP contribution in [-0.2, 0) is 0 Å². The predicted octanol–water partition coefficient (Wildman–Crippen LogP) is 3.85. The van der Waals surface area contributed by atoms with Crippen molar-refractivity contribution in [2.75, 3.05) is 19.6 Å². The number of halogens is 5. The van der Waals surface area contributed by atoms with Gasteiger partial charge in [-0.1, -0.05) is 0 Å². The van der Waals surface area contributed by atoms with Gasteiger partial charge >= 0.3 is 0 Å². The van der Waals surface area contributed by atoms with Crippen molar-refractivity contribution in [2.45, 2.75) is 0 Å². The number of hydrogen-bond donors (Lipinski definition) is 1. The molecule has 0 aromatic heterocycles. The maximum absolute atomic E-state index is 13.5. The van der Waals surface area contributed by atoms with Crippen molar-refractivity contribution in [3.8, 4) is 11.5 Å². The predicted molar refractivity (Wildman–Crippen MR) is 77.0 cm³/mol. The van der Waals surface area contributed by atoms with Gasteiger partial charge in [0, 0.05) is 5.56 Å². The molecule has 0 aliphatic carbocycles. The second-order valence-corrected chi connectivity index (χ2v) is 4.42. The average Bonchev–Trinajstić information content (AvgIpc) is 2.61. The summed E-state index contributed by atoms with van der Waals surface area (Å²) >= 11 is 0. The summed E-state index contributed by atoms with van der Waals surface area (Å²) in [5.74, 6) is -9.58. The van der Waals surface area contributed by atoms with E-state index in [-0.39, 0.29) is 0 Å². The largest absolute Gasteiger partial charge is 0.497 e. The van der Waals surface area contributed by atoms with E-state index in [1.165, 1.54) is 20.3 Å². The molecule has 0 fully saturated rings. The zero-order valence-corrected chi connectivity index (χ0v) is 12.5. The van der Waals surface area contributed by atoms with Crippen molar-refractivity contribution in [3.63, 3.8) is 0 Å². The molecule has 0 spiro atoms. The van der Waals surface area contributed by atoms with E-state index in [0.29, 0.717) is 17.1 Å². The standard InChI is InChI=1S/C15H11F5N2O2/c1-23-8-3-4-9(24-2)7(5-8)6-21-22-15-13(19)11(17)10(16)12(18)14(15)20/h3-6,22H,1-2H3/b21-6+. The second-order valence-electron chi connectivity index (χ2n) is 4.42. The molecule has 2 aromatic rings. The smallest absolute Gasteiger partial charge is 0.200 e. The molecule has 0 atom stereocenters. The first-order valence-corrected chi connectivity index (χ1v) is 6.43. The summed E-state index contributed by atoms with van der Waals surface area (Å²) in [5, 5.41) is 3.48. The Morgan fingerprint density at radius 1 is 0.875 bits per heavy atom. The Labute approximate surface area is 133 Å². The molecule has 24 heavy (non-hydrogen) atoms. The molecule has 0 saturated carbocycles. The van der Waals surface area contributed by atoms with Crippen LogP contribution in [-0.4, -0.2) is 20.4 Å².